The Hall–Kier alpha value is -5.18. The maximum Gasteiger partial charge on any atom is 0.408 e. The van der Waals surface area contributed by atoms with E-state index in [4.69, 9.17) is 20.5 Å². The van der Waals surface area contributed by atoms with Gasteiger partial charge in [0.1, 0.15) is 16.9 Å². The summed E-state index contributed by atoms with van der Waals surface area (Å²) in [6, 6.07) is 31.4. The standard InChI is InChI=1S/C36H33F2N5O2/c1-34(2,3)45-33(44)42-35(21-36(37,38)22-35)26-16-14-24(15-17-26)31-27(23-10-6-4-7-11-23)20-29-28(41-31)18-19-30(39)43(29)32(40)25-12-8-5-9-13-25/h4-20,39-40H,21-22H2,1-3H3,(H,42,44). The van der Waals surface area contributed by atoms with Gasteiger partial charge in [-0.2, -0.15) is 0 Å². The molecule has 1 aliphatic carbocycles. The van der Waals surface area contributed by atoms with Gasteiger partial charge in [-0.25, -0.2) is 18.6 Å². The van der Waals surface area contributed by atoms with Crippen LogP contribution in [-0.4, -0.2) is 33.0 Å². The molecule has 2 aromatic heterocycles. The Morgan fingerprint density at radius 1 is 0.889 bits per heavy atom. The van der Waals surface area contributed by atoms with Crippen LogP contribution in [0.5, 0.6) is 0 Å². The van der Waals surface area contributed by atoms with Crippen molar-refractivity contribution in [2.24, 2.45) is 0 Å². The van der Waals surface area contributed by atoms with Crippen molar-refractivity contribution in [1.29, 1.82) is 10.8 Å². The van der Waals surface area contributed by atoms with Crippen molar-refractivity contribution in [3.63, 3.8) is 0 Å². The molecule has 6 rings (SSSR count). The summed E-state index contributed by atoms with van der Waals surface area (Å²) in [6.07, 6.45) is -1.79. The molecule has 0 radical (unpaired) electrons. The van der Waals surface area contributed by atoms with Crippen LogP contribution in [0.2, 0.25) is 0 Å². The smallest absolute Gasteiger partial charge is 0.408 e. The Labute approximate surface area is 259 Å². The summed E-state index contributed by atoms with van der Waals surface area (Å²) in [4.78, 5) is 17.7. The lowest BCUT2D eigenvalue weighted by molar-refractivity contribution is -0.136. The monoisotopic (exact) mass is 605 g/mol. The summed E-state index contributed by atoms with van der Waals surface area (Å²) in [7, 11) is 0. The van der Waals surface area contributed by atoms with Crippen molar-refractivity contribution < 1.29 is 18.3 Å². The normalized spacial score (nSPS) is 15.2. The van der Waals surface area contributed by atoms with Crippen molar-refractivity contribution in [2.45, 2.75) is 50.7 Å². The van der Waals surface area contributed by atoms with Crippen LogP contribution < -0.4 is 10.8 Å². The number of carbonyl (C=O) groups is 1. The lowest BCUT2D eigenvalue weighted by atomic mass is 9.69. The van der Waals surface area contributed by atoms with Crippen LogP contribution in [0, 0.1) is 10.8 Å². The van der Waals surface area contributed by atoms with Crippen molar-refractivity contribution in [3.05, 3.63) is 120 Å². The number of halogens is 2. The Morgan fingerprint density at radius 2 is 1.51 bits per heavy atom. The molecule has 2 heterocycles. The number of hydrogen-bond acceptors (Lipinski definition) is 5. The van der Waals surface area contributed by atoms with E-state index >= 15 is 0 Å². The molecule has 0 aliphatic heterocycles. The van der Waals surface area contributed by atoms with Crippen molar-refractivity contribution in [3.8, 4) is 22.4 Å². The van der Waals surface area contributed by atoms with Crippen LogP contribution in [0.4, 0.5) is 13.6 Å². The summed E-state index contributed by atoms with van der Waals surface area (Å²) < 4.78 is 35.4. The van der Waals surface area contributed by atoms with Gasteiger partial charge in [0.15, 0.2) is 0 Å². The van der Waals surface area contributed by atoms with E-state index in [1.807, 2.05) is 78.9 Å². The summed E-state index contributed by atoms with van der Waals surface area (Å²) in [5.74, 6) is -2.74. The van der Waals surface area contributed by atoms with Crippen LogP contribution in [0.3, 0.4) is 0 Å². The highest BCUT2D eigenvalue weighted by atomic mass is 19.3. The first kappa shape index (κ1) is 29.9. The number of nitrogens with one attached hydrogen (secondary N) is 3. The second-order valence-corrected chi connectivity index (χ2v) is 12.4. The van der Waals surface area contributed by atoms with E-state index in [1.54, 1.807) is 49.6 Å². The molecule has 5 aromatic rings. The third-order valence-corrected chi connectivity index (χ3v) is 7.84. The number of amides is 1. The van der Waals surface area contributed by atoms with E-state index in [0.717, 1.165) is 16.7 Å². The Morgan fingerprint density at radius 3 is 2.11 bits per heavy atom. The van der Waals surface area contributed by atoms with Gasteiger partial charge >= 0.3 is 6.09 Å². The van der Waals surface area contributed by atoms with Gasteiger partial charge in [0.2, 0.25) is 0 Å². The molecule has 45 heavy (non-hydrogen) atoms. The number of ether oxygens (including phenoxy) is 1. The predicted molar refractivity (Wildman–Crippen MR) is 170 cm³/mol. The molecule has 7 nitrogen and oxygen atoms in total. The highest BCUT2D eigenvalue weighted by molar-refractivity contribution is 6.03. The number of alkyl carbamates (subject to hydrolysis) is 1. The Balaban J connectivity index is 1.45. The number of fused-ring (bicyclic) bond motifs is 1. The average Bonchev–Trinajstić information content (AvgIpc) is 2.99. The molecule has 3 N–H and O–H groups in total. The quantitative estimate of drug-likeness (QED) is 0.140. The number of benzene rings is 3. The highest BCUT2D eigenvalue weighted by Crippen LogP contribution is 2.52. The number of pyridine rings is 2. The van der Waals surface area contributed by atoms with Gasteiger partial charge < -0.3 is 10.1 Å². The molecule has 228 valence electrons. The zero-order valence-electron chi connectivity index (χ0n) is 25.2. The van der Waals surface area contributed by atoms with E-state index in [2.05, 4.69) is 5.32 Å². The largest absolute Gasteiger partial charge is 0.444 e. The lowest BCUT2D eigenvalue weighted by Gasteiger charge is -2.48. The van der Waals surface area contributed by atoms with Gasteiger partial charge in [0.25, 0.3) is 5.92 Å². The minimum absolute atomic E-state index is 0.148. The Kier molecular flexibility index (Phi) is 7.35. The second kappa shape index (κ2) is 11.1. The summed E-state index contributed by atoms with van der Waals surface area (Å²) >= 11 is 0. The SMILES string of the molecule is CC(C)(C)OC(=O)NC1(c2ccc(-c3nc4ccc(=N)n(C(=N)c5ccccc5)c4cc3-c3ccccc3)cc2)CC(F)(F)C1. The maximum atomic E-state index is 14.2. The number of rotatable bonds is 5. The van der Waals surface area contributed by atoms with E-state index in [0.29, 0.717) is 27.9 Å². The minimum atomic E-state index is -2.90. The number of aromatic nitrogens is 2. The molecule has 1 saturated carbocycles. The Bertz CT molecular complexity index is 1960. The van der Waals surface area contributed by atoms with Crippen LogP contribution in [0.1, 0.15) is 44.7 Å². The van der Waals surface area contributed by atoms with Crippen molar-refractivity contribution >= 4 is 23.0 Å². The van der Waals surface area contributed by atoms with Crippen LogP contribution >= 0.6 is 0 Å². The van der Waals surface area contributed by atoms with Crippen molar-refractivity contribution in [2.75, 3.05) is 0 Å². The zero-order valence-corrected chi connectivity index (χ0v) is 25.2. The molecule has 0 atom stereocenters. The molecular weight excluding hydrogens is 572 g/mol. The first-order valence-electron chi connectivity index (χ1n) is 14.7. The van der Waals surface area contributed by atoms with E-state index in [-0.39, 0.29) is 11.3 Å². The molecule has 0 spiro atoms. The van der Waals surface area contributed by atoms with Gasteiger partial charge in [-0.05, 0) is 50.1 Å². The molecule has 0 bridgehead atoms. The molecule has 1 fully saturated rings. The van der Waals surface area contributed by atoms with Gasteiger partial charge in [-0.1, -0.05) is 84.9 Å². The fourth-order valence-electron chi connectivity index (χ4n) is 5.85. The number of carbonyl (C=O) groups excluding carboxylic acids is 1. The van der Waals surface area contributed by atoms with E-state index < -0.39 is 36.0 Å². The fourth-order valence-corrected chi connectivity index (χ4v) is 5.85. The summed E-state index contributed by atoms with van der Waals surface area (Å²) in [6.45, 7) is 5.17. The predicted octanol–water partition coefficient (Wildman–Crippen LogP) is 7.87. The molecule has 1 amide bonds. The first-order chi connectivity index (χ1) is 21.3. The van der Waals surface area contributed by atoms with Crippen LogP contribution in [-0.2, 0) is 10.3 Å². The van der Waals surface area contributed by atoms with Crippen LogP contribution in [0.25, 0.3) is 33.4 Å². The van der Waals surface area contributed by atoms with E-state index in [1.165, 1.54) is 0 Å². The topological polar surface area (TPSA) is 104 Å². The molecule has 9 heteroatoms. The van der Waals surface area contributed by atoms with Gasteiger partial charge in [0.05, 0.1) is 22.3 Å². The molecule has 3 aromatic carbocycles. The van der Waals surface area contributed by atoms with Crippen molar-refractivity contribution in [1.82, 2.24) is 14.9 Å². The molecule has 1 aliphatic rings. The number of hydrogen-bond donors (Lipinski definition) is 3. The number of nitrogens with zero attached hydrogens (tertiary/aromatic N) is 2. The van der Waals surface area contributed by atoms with E-state index in [9.17, 15) is 13.6 Å². The lowest BCUT2D eigenvalue weighted by Crippen LogP contribution is -2.60. The van der Waals surface area contributed by atoms with Gasteiger partial charge in [0, 0.05) is 29.5 Å². The third-order valence-electron chi connectivity index (χ3n) is 7.84. The third kappa shape index (κ3) is 5.98. The summed E-state index contributed by atoms with van der Waals surface area (Å²) in [5.41, 5.74) is 3.62. The fraction of sp³-hybridized carbons (Fsp3) is 0.222. The molecule has 0 saturated heterocycles. The summed E-state index contributed by atoms with van der Waals surface area (Å²) in [5, 5.41) is 20.3. The molecule has 0 unspecified atom stereocenters. The van der Waals surface area contributed by atoms with Gasteiger partial charge in [-0.15, -0.1) is 0 Å². The number of alkyl halides is 2. The highest BCUT2D eigenvalue weighted by Gasteiger charge is 2.58. The van der Waals surface area contributed by atoms with Gasteiger partial charge in [-0.3, -0.25) is 15.4 Å². The molecular formula is C36H33F2N5O2. The second-order valence-electron chi connectivity index (χ2n) is 12.4. The first-order valence-corrected chi connectivity index (χ1v) is 14.7. The average molecular weight is 606 g/mol. The maximum absolute atomic E-state index is 14.2. The van der Waals surface area contributed by atoms with Crippen LogP contribution in [0.15, 0.2) is 103 Å². The zero-order chi connectivity index (χ0) is 32.0. The minimum Gasteiger partial charge on any atom is -0.444 e.